The van der Waals surface area contributed by atoms with Crippen molar-refractivity contribution in [2.75, 3.05) is 18.0 Å². The highest BCUT2D eigenvalue weighted by Gasteiger charge is 2.34. The van der Waals surface area contributed by atoms with Crippen LogP contribution in [-0.2, 0) is 12.6 Å². The normalized spacial score (nSPS) is 21.7. The molecule has 7 heteroatoms. The molecule has 3 rings (SSSR count). The Morgan fingerprint density at radius 2 is 1.87 bits per heavy atom. The Hall–Kier alpha value is -2.15. The lowest BCUT2D eigenvalue weighted by molar-refractivity contribution is -0.137. The van der Waals surface area contributed by atoms with Gasteiger partial charge in [-0.05, 0) is 36.2 Å². The van der Waals surface area contributed by atoms with E-state index in [1.54, 1.807) is 17.3 Å². The van der Waals surface area contributed by atoms with Crippen molar-refractivity contribution in [3.05, 3.63) is 54.0 Å². The van der Waals surface area contributed by atoms with Crippen molar-refractivity contribution in [2.24, 2.45) is 5.92 Å². The van der Waals surface area contributed by atoms with E-state index in [4.69, 9.17) is 0 Å². The maximum atomic E-state index is 12.8. The van der Waals surface area contributed by atoms with Crippen molar-refractivity contribution in [2.45, 2.75) is 18.7 Å². The van der Waals surface area contributed by atoms with E-state index >= 15 is 0 Å². The van der Waals surface area contributed by atoms with Gasteiger partial charge in [-0.1, -0.05) is 0 Å². The van der Waals surface area contributed by atoms with Gasteiger partial charge in [0.05, 0.1) is 11.7 Å². The van der Waals surface area contributed by atoms with Gasteiger partial charge in [-0.3, -0.25) is 4.98 Å². The van der Waals surface area contributed by atoms with Crippen molar-refractivity contribution in [3.63, 3.8) is 0 Å². The summed E-state index contributed by atoms with van der Waals surface area (Å²) < 4.78 is 38.4. The minimum absolute atomic E-state index is 0.0475. The van der Waals surface area contributed by atoms with E-state index in [0.717, 1.165) is 23.9 Å². The van der Waals surface area contributed by atoms with Crippen LogP contribution in [0.1, 0.15) is 11.1 Å². The molecule has 0 radical (unpaired) electrons. The van der Waals surface area contributed by atoms with Crippen LogP contribution in [0.5, 0.6) is 0 Å². The number of β-amino-alcohol motifs (C(OH)–C–C–N with tert-alkyl or cyclic N) is 1. The molecule has 23 heavy (non-hydrogen) atoms. The minimum atomic E-state index is -4.40. The molecular weight excluding hydrogens is 307 g/mol. The van der Waals surface area contributed by atoms with Gasteiger partial charge in [0.25, 0.3) is 0 Å². The second-order valence-electron chi connectivity index (χ2n) is 5.69. The summed E-state index contributed by atoms with van der Waals surface area (Å²) in [7, 11) is 0. The van der Waals surface area contributed by atoms with Gasteiger partial charge in [0.15, 0.2) is 0 Å². The second kappa shape index (κ2) is 6.16. The average Bonchev–Trinajstić information content (AvgIpc) is 2.89. The highest BCUT2D eigenvalue weighted by atomic mass is 19.4. The van der Waals surface area contributed by atoms with Crippen LogP contribution in [0.15, 0.2) is 42.9 Å². The molecule has 3 heterocycles. The van der Waals surface area contributed by atoms with E-state index in [1.165, 1.54) is 0 Å². The summed E-state index contributed by atoms with van der Waals surface area (Å²) in [4.78, 5) is 9.66. The highest BCUT2D eigenvalue weighted by molar-refractivity contribution is 5.43. The number of hydrogen-bond acceptors (Lipinski definition) is 4. The van der Waals surface area contributed by atoms with Crippen LogP contribution in [0.3, 0.4) is 0 Å². The average molecular weight is 323 g/mol. The molecule has 2 aromatic rings. The quantitative estimate of drug-likeness (QED) is 0.943. The lowest BCUT2D eigenvalue weighted by atomic mass is 9.97. The number of alkyl halides is 3. The summed E-state index contributed by atoms with van der Waals surface area (Å²) in [5.41, 5.74) is 0.317. The van der Waals surface area contributed by atoms with E-state index in [-0.39, 0.29) is 18.3 Å². The third-order valence-electron chi connectivity index (χ3n) is 4.05. The standard InChI is InChI=1S/C16H16F3N3O/c17-16(18,19)13-3-6-21-15(8-13)22-9-12(14(23)10-22)7-11-1-4-20-5-2-11/h1-6,8,12,14,23H,7,9-10H2/t12-,14-/m1/s1. The zero-order valence-electron chi connectivity index (χ0n) is 12.2. The van der Waals surface area contributed by atoms with Crippen LogP contribution < -0.4 is 4.90 Å². The van der Waals surface area contributed by atoms with Crippen molar-refractivity contribution in [1.29, 1.82) is 0 Å². The Kier molecular flexibility index (Phi) is 4.21. The number of halogens is 3. The van der Waals surface area contributed by atoms with Gasteiger partial charge in [0, 0.05) is 37.6 Å². The van der Waals surface area contributed by atoms with Crippen molar-refractivity contribution < 1.29 is 18.3 Å². The fourth-order valence-corrected chi connectivity index (χ4v) is 2.83. The van der Waals surface area contributed by atoms with Crippen molar-refractivity contribution in [3.8, 4) is 0 Å². The largest absolute Gasteiger partial charge is 0.416 e. The molecule has 0 aromatic carbocycles. The van der Waals surface area contributed by atoms with Gasteiger partial charge >= 0.3 is 6.18 Å². The lowest BCUT2D eigenvalue weighted by Gasteiger charge is -2.18. The number of pyridine rings is 2. The van der Waals surface area contributed by atoms with Gasteiger partial charge in [0.1, 0.15) is 5.82 Å². The first-order chi connectivity index (χ1) is 10.9. The fraction of sp³-hybridized carbons (Fsp3) is 0.375. The lowest BCUT2D eigenvalue weighted by Crippen LogP contribution is -2.22. The monoisotopic (exact) mass is 323 g/mol. The van der Waals surface area contributed by atoms with Crippen LogP contribution in [0.25, 0.3) is 0 Å². The molecule has 122 valence electrons. The maximum Gasteiger partial charge on any atom is 0.416 e. The van der Waals surface area contributed by atoms with Crippen molar-refractivity contribution >= 4 is 5.82 Å². The highest BCUT2D eigenvalue weighted by Crippen LogP contribution is 2.32. The molecule has 0 spiro atoms. The molecule has 1 aliphatic heterocycles. The zero-order chi connectivity index (χ0) is 16.4. The summed E-state index contributed by atoms with van der Waals surface area (Å²) in [6, 6.07) is 5.72. The van der Waals surface area contributed by atoms with E-state index in [1.807, 2.05) is 12.1 Å². The number of aromatic nitrogens is 2. The van der Waals surface area contributed by atoms with Gasteiger partial charge in [-0.15, -0.1) is 0 Å². The molecule has 1 fully saturated rings. The number of nitrogens with zero attached hydrogens (tertiary/aromatic N) is 3. The summed E-state index contributed by atoms with van der Waals surface area (Å²) >= 11 is 0. The Bertz CT molecular complexity index is 663. The molecule has 0 bridgehead atoms. The number of rotatable bonds is 3. The molecule has 2 atom stereocenters. The van der Waals surface area contributed by atoms with Gasteiger partial charge in [0.2, 0.25) is 0 Å². The summed E-state index contributed by atoms with van der Waals surface area (Å²) in [6.45, 7) is 0.752. The molecule has 1 aliphatic rings. The van der Waals surface area contributed by atoms with Crippen LogP contribution in [0.2, 0.25) is 0 Å². The molecule has 0 saturated carbocycles. The Morgan fingerprint density at radius 1 is 1.13 bits per heavy atom. The molecule has 1 N–H and O–H groups in total. The van der Waals surface area contributed by atoms with E-state index in [0.29, 0.717) is 13.0 Å². The van der Waals surface area contributed by atoms with E-state index < -0.39 is 17.8 Å². The van der Waals surface area contributed by atoms with Crippen LogP contribution >= 0.6 is 0 Å². The number of hydrogen-bond donors (Lipinski definition) is 1. The minimum Gasteiger partial charge on any atom is -0.391 e. The third-order valence-corrected chi connectivity index (χ3v) is 4.05. The van der Waals surface area contributed by atoms with Gasteiger partial charge in [-0.2, -0.15) is 13.2 Å². The molecule has 2 aromatic heterocycles. The van der Waals surface area contributed by atoms with Gasteiger partial charge < -0.3 is 10.0 Å². The Morgan fingerprint density at radius 3 is 2.57 bits per heavy atom. The Balaban J connectivity index is 1.73. The predicted molar refractivity (Wildman–Crippen MR) is 78.9 cm³/mol. The summed E-state index contributed by atoms with van der Waals surface area (Å²) in [6.07, 6.45) is 0.178. The summed E-state index contributed by atoms with van der Waals surface area (Å²) in [5.74, 6) is 0.199. The molecule has 0 amide bonds. The first-order valence-electron chi connectivity index (χ1n) is 7.28. The van der Waals surface area contributed by atoms with Gasteiger partial charge in [-0.25, -0.2) is 4.98 Å². The smallest absolute Gasteiger partial charge is 0.391 e. The number of aliphatic hydroxyl groups is 1. The topological polar surface area (TPSA) is 49.2 Å². The number of anilines is 1. The first-order valence-corrected chi connectivity index (χ1v) is 7.28. The summed E-state index contributed by atoms with van der Waals surface area (Å²) in [5, 5.41) is 10.2. The first kappa shape index (κ1) is 15.7. The van der Waals surface area contributed by atoms with Crippen LogP contribution in [-0.4, -0.2) is 34.3 Å². The van der Waals surface area contributed by atoms with Crippen LogP contribution in [0, 0.1) is 5.92 Å². The zero-order valence-corrected chi connectivity index (χ0v) is 12.2. The predicted octanol–water partition coefficient (Wildman–Crippen LogP) is 2.54. The third kappa shape index (κ3) is 3.61. The molecule has 1 saturated heterocycles. The molecular formula is C16H16F3N3O. The number of aliphatic hydroxyl groups excluding tert-OH is 1. The van der Waals surface area contributed by atoms with Crippen molar-refractivity contribution in [1.82, 2.24) is 9.97 Å². The van der Waals surface area contributed by atoms with Crippen LogP contribution in [0.4, 0.5) is 19.0 Å². The Labute approximate surface area is 131 Å². The molecule has 0 unspecified atom stereocenters. The fourth-order valence-electron chi connectivity index (χ4n) is 2.83. The van der Waals surface area contributed by atoms with E-state index in [2.05, 4.69) is 9.97 Å². The molecule has 4 nitrogen and oxygen atoms in total. The maximum absolute atomic E-state index is 12.8. The SMILES string of the molecule is O[C@@H]1CN(c2cc(C(F)(F)F)ccn2)C[C@H]1Cc1ccncc1. The second-order valence-corrected chi connectivity index (χ2v) is 5.69. The van der Waals surface area contributed by atoms with E-state index in [9.17, 15) is 18.3 Å². The molecule has 0 aliphatic carbocycles.